The van der Waals surface area contributed by atoms with Crippen molar-refractivity contribution in [3.05, 3.63) is 12.1 Å². The standard InChI is InChI=1S/C9H12F3N4.CF3.2O3S.Pd/c1-5(9(10,11)12)14-7(3)16-8(4)15-6(2)13;2-1(3)4;2*1-4(2)3;/h1-4H3;;;;/q-1;;;;. The first-order chi connectivity index (χ1) is 12.3. The van der Waals surface area contributed by atoms with Gasteiger partial charge in [-0.25, -0.2) is 9.98 Å². The Kier molecular flexibility index (Phi) is 27.3. The van der Waals surface area contributed by atoms with E-state index in [-0.39, 0.29) is 37.9 Å². The average molecular weight is 569 g/mol. The largest absolute Gasteiger partial charge is 0.487 e. The van der Waals surface area contributed by atoms with Crippen molar-refractivity contribution in [3.63, 3.8) is 0 Å². The number of amidine groups is 3. The number of rotatable bonds is 0. The SMILES string of the molecule is CC(=[N-])N=C(C)N=C(C)N=C(C)C(F)(F)F.F[C](F)F.O=S(=O)=O.O=S(=O)=O.[Pd]. The molecule has 173 valence electrons. The first kappa shape index (κ1) is 37.9. The van der Waals surface area contributed by atoms with Crippen LogP contribution in [-0.2, 0) is 41.6 Å². The van der Waals surface area contributed by atoms with E-state index < -0.39 is 39.8 Å². The maximum atomic E-state index is 12.1. The topological polar surface area (TPSA) is 162 Å². The number of alkyl halides is 3. The minimum Gasteiger partial charge on any atom is -0.469 e. The summed E-state index contributed by atoms with van der Waals surface area (Å²) in [6.45, 7) is 1.87. The third-order valence-corrected chi connectivity index (χ3v) is 1.39. The molecule has 0 atom stereocenters. The van der Waals surface area contributed by atoms with Gasteiger partial charge in [-0.15, -0.1) is 25.3 Å². The molecule has 0 rings (SSSR count). The van der Waals surface area contributed by atoms with Crippen molar-refractivity contribution < 1.29 is 72.0 Å². The second-order valence-electron chi connectivity index (χ2n) is 3.68. The molecule has 0 saturated heterocycles. The van der Waals surface area contributed by atoms with Gasteiger partial charge >= 0.3 is 34.1 Å². The first-order valence-electron chi connectivity index (χ1n) is 5.95. The zero-order chi connectivity index (χ0) is 23.7. The Morgan fingerprint density at radius 3 is 1.17 bits per heavy atom. The molecule has 0 unspecified atom stereocenters. The van der Waals surface area contributed by atoms with E-state index in [1.54, 1.807) is 0 Å². The van der Waals surface area contributed by atoms with E-state index >= 15 is 0 Å². The summed E-state index contributed by atoms with van der Waals surface area (Å²) in [5, 5.41) is 8.79. The molecular formula is C10H12F6N4O6PdS2-. The summed E-state index contributed by atoms with van der Waals surface area (Å²) >= 11 is 0. The van der Waals surface area contributed by atoms with Crippen LogP contribution in [0.4, 0.5) is 26.3 Å². The second-order valence-corrected chi connectivity index (χ2v) is 4.50. The summed E-state index contributed by atoms with van der Waals surface area (Å²) in [5.74, 6) is -0.154. The molecule has 0 fully saturated rings. The molecule has 10 nitrogen and oxygen atoms in total. The molecule has 0 aliphatic rings. The summed E-state index contributed by atoms with van der Waals surface area (Å²) in [7, 11) is -6.22. The molecule has 0 bridgehead atoms. The molecule has 0 aliphatic carbocycles. The van der Waals surface area contributed by atoms with Gasteiger partial charge in [-0.2, -0.15) is 26.3 Å². The molecule has 0 aliphatic heterocycles. The smallest absolute Gasteiger partial charge is 0.469 e. The summed E-state index contributed by atoms with van der Waals surface area (Å²) in [4.78, 5) is 10.5. The maximum Gasteiger partial charge on any atom is 0.487 e. The number of hydrogen-bond acceptors (Lipinski definition) is 6. The van der Waals surface area contributed by atoms with Crippen LogP contribution in [0.1, 0.15) is 27.7 Å². The molecule has 0 aromatic heterocycles. The molecule has 1 radical (unpaired) electrons. The van der Waals surface area contributed by atoms with Crippen LogP contribution in [0.2, 0.25) is 0 Å². The van der Waals surface area contributed by atoms with Gasteiger partial charge in [0.1, 0.15) is 11.5 Å². The number of hydrogen-bond donors (Lipinski definition) is 0. The van der Waals surface area contributed by atoms with E-state index in [1.165, 1.54) is 20.8 Å². The molecule has 29 heavy (non-hydrogen) atoms. The molecule has 0 spiro atoms. The van der Waals surface area contributed by atoms with E-state index in [0.29, 0.717) is 0 Å². The minimum absolute atomic E-state index is 0. The van der Waals surface area contributed by atoms with Crippen LogP contribution in [0, 0.1) is 6.68 Å². The van der Waals surface area contributed by atoms with Gasteiger partial charge in [-0.1, -0.05) is 5.84 Å². The Balaban J connectivity index is -0.000000121. The molecule has 0 amide bonds. The van der Waals surface area contributed by atoms with Crippen molar-refractivity contribution in [1.29, 1.82) is 0 Å². The quantitative estimate of drug-likeness (QED) is 0.188. The summed E-state index contributed by atoms with van der Waals surface area (Å²) in [6.07, 6.45) is -4.46. The van der Waals surface area contributed by atoms with Crippen molar-refractivity contribution >= 4 is 44.4 Å². The predicted molar refractivity (Wildman–Crippen MR) is 85.4 cm³/mol. The molecule has 0 aromatic rings. The molecule has 0 heterocycles. The molecular weight excluding hydrogens is 557 g/mol. The third-order valence-electron chi connectivity index (χ3n) is 1.39. The predicted octanol–water partition coefficient (Wildman–Crippen LogP) is 2.17. The number of aliphatic imine (C=N–C) groups is 3. The van der Waals surface area contributed by atoms with Crippen LogP contribution in [0.15, 0.2) is 15.0 Å². The van der Waals surface area contributed by atoms with E-state index in [2.05, 4.69) is 15.0 Å². The van der Waals surface area contributed by atoms with Gasteiger partial charge in [0, 0.05) is 26.3 Å². The van der Waals surface area contributed by atoms with Crippen molar-refractivity contribution in [2.75, 3.05) is 0 Å². The Bertz CT molecular complexity index is 748. The van der Waals surface area contributed by atoms with E-state index in [9.17, 15) is 26.3 Å². The Labute approximate surface area is 177 Å². The Morgan fingerprint density at radius 1 is 0.724 bits per heavy atom. The van der Waals surface area contributed by atoms with Crippen LogP contribution in [0.5, 0.6) is 0 Å². The van der Waals surface area contributed by atoms with E-state index in [1.807, 2.05) is 0 Å². The molecule has 0 aromatic carbocycles. The average Bonchev–Trinajstić information content (AvgIpc) is 2.33. The van der Waals surface area contributed by atoms with Crippen molar-refractivity contribution in [2.45, 2.75) is 33.9 Å². The zero-order valence-corrected chi connectivity index (χ0v) is 17.8. The van der Waals surface area contributed by atoms with Gasteiger partial charge in [0.25, 0.3) is 0 Å². The second kappa shape index (κ2) is 20.9. The van der Waals surface area contributed by atoms with Crippen LogP contribution in [0.3, 0.4) is 0 Å². The maximum absolute atomic E-state index is 12.1. The molecule has 0 saturated carbocycles. The fourth-order valence-electron chi connectivity index (χ4n) is 0.824. The normalized spacial score (nSPS) is 11.3. The fraction of sp³-hybridized carbons (Fsp3) is 0.500. The van der Waals surface area contributed by atoms with Gasteiger partial charge in [0.15, 0.2) is 0 Å². The Morgan fingerprint density at radius 2 is 0.966 bits per heavy atom. The van der Waals surface area contributed by atoms with Gasteiger partial charge in [-0.3, -0.25) is 0 Å². The van der Waals surface area contributed by atoms with Crippen LogP contribution in [-0.4, -0.2) is 54.6 Å². The van der Waals surface area contributed by atoms with Gasteiger partial charge < -0.3 is 10.4 Å². The van der Waals surface area contributed by atoms with E-state index in [0.717, 1.165) is 6.92 Å². The summed E-state index contributed by atoms with van der Waals surface area (Å²) in [6, 6.07) is 0. The van der Waals surface area contributed by atoms with Gasteiger partial charge in [0.2, 0.25) is 0 Å². The first-order valence-corrected chi connectivity index (χ1v) is 7.95. The number of nitrogens with zero attached hydrogens (tertiary/aromatic N) is 4. The zero-order valence-electron chi connectivity index (χ0n) is 14.6. The minimum atomic E-state index is -4.46. The van der Waals surface area contributed by atoms with Crippen LogP contribution < -0.4 is 0 Å². The van der Waals surface area contributed by atoms with Crippen molar-refractivity contribution in [2.24, 2.45) is 15.0 Å². The van der Waals surface area contributed by atoms with Crippen molar-refractivity contribution in [3.8, 4) is 0 Å². The van der Waals surface area contributed by atoms with Gasteiger partial charge in [-0.05, 0) is 27.7 Å². The monoisotopic (exact) mass is 568 g/mol. The van der Waals surface area contributed by atoms with Crippen molar-refractivity contribution in [1.82, 2.24) is 0 Å². The summed E-state index contributed by atoms with van der Waals surface area (Å²) < 4.78 is 116. The third kappa shape index (κ3) is 58.5. The van der Waals surface area contributed by atoms with Crippen LogP contribution in [0.25, 0.3) is 5.41 Å². The summed E-state index contributed by atoms with van der Waals surface area (Å²) in [5.41, 5.74) is -0.980. The Hall–Kier alpha value is -1.84. The molecule has 19 heteroatoms. The number of halogens is 6. The van der Waals surface area contributed by atoms with Gasteiger partial charge in [0.05, 0.1) is 0 Å². The van der Waals surface area contributed by atoms with E-state index in [4.69, 9.17) is 30.7 Å². The van der Waals surface area contributed by atoms with Crippen LogP contribution >= 0.6 is 0 Å². The fourth-order valence-corrected chi connectivity index (χ4v) is 0.824. The molecule has 0 N–H and O–H groups in total.